The quantitative estimate of drug-likeness (QED) is 0.606. The molecule has 7 heteroatoms. The minimum Gasteiger partial charge on any atom is -0.506 e. The van der Waals surface area contributed by atoms with E-state index in [0.717, 1.165) is 0 Å². The van der Waals surface area contributed by atoms with Crippen molar-refractivity contribution in [3.05, 3.63) is 57.6 Å². The molecule has 0 aliphatic rings. The Kier molecular flexibility index (Phi) is 5.75. The number of benzene rings is 1. The molecule has 1 N–H and O–H groups in total. The maximum absolute atomic E-state index is 13.6. The monoisotopic (exact) mass is 405 g/mol. The average molecular weight is 406 g/mol. The normalized spacial score (nSPS) is 11.9. The summed E-state index contributed by atoms with van der Waals surface area (Å²) in [5.74, 6) is -0.534. The molecule has 0 aliphatic heterocycles. The summed E-state index contributed by atoms with van der Waals surface area (Å²) in [5, 5.41) is 23.2. The third-order valence-electron chi connectivity index (χ3n) is 3.02. The maximum Gasteiger partial charge on any atom is 0.143 e. The highest BCUT2D eigenvalue weighted by Crippen LogP contribution is 2.24. The molecule has 0 saturated carbocycles. The number of nitriles is 1. The highest BCUT2D eigenvalue weighted by Gasteiger charge is 2.19. The van der Waals surface area contributed by atoms with Crippen LogP contribution in [-0.4, -0.2) is 21.4 Å². The van der Waals surface area contributed by atoms with Gasteiger partial charge < -0.3 is 9.94 Å². The van der Waals surface area contributed by atoms with Gasteiger partial charge in [0.05, 0.1) is 22.7 Å². The Morgan fingerprint density at radius 1 is 1.36 bits per heavy atom. The Hall–Kier alpha value is -2.46. The van der Waals surface area contributed by atoms with Gasteiger partial charge in [-0.3, -0.25) is 0 Å². The molecule has 0 bridgehead atoms. The van der Waals surface area contributed by atoms with Crippen LogP contribution in [0.5, 0.6) is 5.75 Å². The number of rotatable bonds is 4. The second kappa shape index (κ2) is 7.62. The molecule has 25 heavy (non-hydrogen) atoms. The molecule has 0 saturated heterocycles. The summed E-state index contributed by atoms with van der Waals surface area (Å²) in [5.41, 5.74) is 0.834. The fourth-order valence-corrected chi connectivity index (χ4v) is 2.28. The summed E-state index contributed by atoms with van der Waals surface area (Å²) < 4.78 is 13.8. The van der Waals surface area contributed by atoms with Crippen LogP contribution in [0.15, 0.2) is 40.0 Å². The lowest BCUT2D eigenvalue weighted by atomic mass is 10.1. The molecule has 0 unspecified atom stereocenters. The SMILES string of the molecule is CC(C)(C)O/N=C(/c1ccc(F)c(Br)c1)c1nc(CC#N)ccc1O. The molecular formula is C18H17BrFN3O2. The summed E-state index contributed by atoms with van der Waals surface area (Å²) >= 11 is 3.14. The zero-order valence-electron chi connectivity index (χ0n) is 14.0. The minimum atomic E-state index is -0.567. The summed E-state index contributed by atoms with van der Waals surface area (Å²) in [7, 11) is 0. The predicted octanol–water partition coefficient (Wildman–Crippen LogP) is 4.32. The third kappa shape index (κ3) is 5.00. The van der Waals surface area contributed by atoms with Gasteiger partial charge in [-0.25, -0.2) is 9.37 Å². The van der Waals surface area contributed by atoms with E-state index < -0.39 is 11.4 Å². The molecule has 0 aliphatic carbocycles. The van der Waals surface area contributed by atoms with Gasteiger partial charge in [0.1, 0.15) is 28.6 Å². The average Bonchev–Trinajstić information content (AvgIpc) is 2.53. The molecule has 5 nitrogen and oxygen atoms in total. The van der Waals surface area contributed by atoms with Gasteiger partial charge in [0.25, 0.3) is 0 Å². The van der Waals surface area contributed by atoms with Gasteiger partial charge in [-0.1, -0.05) is 5.16 Å². The minimum absolute atomic E-state index is 0.0911. The van der Waals surface area contributed by atoms with Gasteiger partial charge >= 0.3 is 0 Å². The van der Waals surface area contributed by atoms with Crippen molar-refractivity contribution in [1.82, 2.24) is 4.98 Å². The Balaban J connectivity index is 2.61. The van der Waals surface area contributed by atoms with Crippen molar-refractivity contribution in [3.63, 3.8) is 0 Å². The van der Waals surface area contributed by atoms with E-state index in [2.05, 4.69) is 26.1 Å². The molecule has 0 radical (unpaired) electrons. The number of aromatic nitrogens is 1. The van der Waals surface area contributed by atoms with E-state index in [1.165, 1.54) is 24.3 Å². The lowest BCUT2D eigenvalue weighted by molar-refractivity contribution is 0.00111. The smallest absolute Gasteiger partial charge is 0.143 e. The van der Waals surface area contributed by atoms with Crippen molar-refractivity contribution in [2.45, 2.75) is 32.8 Å². The predicted molar refractivity (Wildman–Crippen MR) is 95.8 cm³/mol. The van der Waals surface area contributed by atoms with E-state index >= 15 is 0 Å². The lowest BCUT2D eigenvalue weighted by Crippen LogP contribution is -2.18. The van der Waals surface area contributed by atoms with Crippen LogP contribution in [0.3, 0.4) is 0 Å². The van der Waals surface area contributed by atoms with Crippen LogP contribution in [0, 0.1) is 17.1 Å². The van der Waals surface area contributed by atoms with E-state index in [4.69, 9.17) is 10.1 Å². The first-order chi connectivity index (χ1) is 11.7. The first kappa shape index (κ1) is 18.9. The fraction of sp³-hybridized carbons (Fsp3) is 0.278. The van der Waals surface area contributed by atoms with Crippen molar-refractivity contribution in [2.24, 2.45) is 5.16 Å². The van der Waals surface area contributed by atoms with Crippen molar-refractivity contribution < 1.29 is 14.3 Å². The third-order valence-corrected chi connectivity index (χ3v) is 3.63. The van der Waals surface area contributed by atoms with Crippen molar-refractivity contribution >= 4 is 21.6 Å². The molecule has 1 heterocycles. The zero-order chi connectivity index (χ0) is 18.6. The van der Waals surface area contributed by atoms with Crippen molar-refractivity contribution in [2.75, 3.05) is 0 Å². The molecule has 1 aromatic carbocycles. The molecule has 0 spiro atoms. The Bertz CT molecular complexity index is 854. The summed E-state index contributed by atoms with van der Waals surface area (Å²) in [6.45, 7) is 5.48. The van der Waals surface area contributed by atoms with Crippen LogP contribution in [0.1, 0.15) is 37.7 Å². The molecule has 0 amide bonds. The summed E-state index contributed by atoms with van der Waals surface area (Å²) in [4.78, 5) is 9.79. The molecule has 0 fully saturated rings. The first-order valence-corrected chi connectivity index (χ1v) is 8.28. The van der Waals surface area contributed by atoms with Crippen molar-refractivity contribution in [3.8, 4) is 11.8 Å². The van der Waals surface area contributed by atoms with Crippen LogP contribution in [0.4, 0.5) is 4.39 Å². The molecule has 1 aromatic heterocycles. The molecule has 2 aromatic rings. The lowest BCUT2D eigenvalue weighted by Gasteiger charge is -2.17. The number of hydrogen-bond acceptors (Lipinski definition) is 5. The molecule has 2 rings (SSSR count). The van der Waals surface area contributed by atoms with Gasteiger partial charge in [-0.15, -0.1) is 0 Å². The summed E-state index contributed by atoms with van der Waals surface area (Å²) in [6, 6.07) is 9.34. The van der Waals surface area contributed by atoms with Crippen LogP contribution in [0.2, 0.25) is 0 Å². The number of pyridine rings is 1. The fourth-order valence-electron chi connectivity index (χ4n) is 1.90. The Morgan fingerprint density at radius 3 is 2.68 bits per heavy atom. The number of hydrogen-bond donors (Lipinski definition) is 1. The van der Waals surface area contributed by atoms with Gasteiger partial charge in [-0.05, 0) is 67.0 Å². The van der Waals surface area contributed by atoms with Gasteiger partial charge in [0.2, 0.25) is 0 Å². The van der Waals surface area contributed by atoms with Gasteiger partial charge in [0.15, 0.2) is 0 Å². The van der Waals surface area contributed by atoms with E-state index in [-0.39, 0.29) is 28.0 Å². The first-order valence-electron chi connectivity index (χ1n) is 7.49. The second-order valence-electron chi connectivity index (χ2n) is 6.28. The maximum atomic E-state index is 13.6. The van der Waals surface area contributed by atoms with Crippen LogP contribution in [-0.2, 0) is 11.3 Å². The van der Waals surface area contributed by atoms with E-state index in [1.54, 1.807) is 6.07 Å². The van der Waals surface area contributed by atoms with Crippen molar-refractivity contribution in [1.29, 1.82) is 5.26 Å². The number of oxime groups is 1. The number of aromatic hydroxyl groups is 1. The molecular weight excluding hydrogens is 389 g/mol. The highest BCUT2D eigenvalue weighted by molar-refractivity contribution is 9.10. The topological polar surface area (TPSA) is 78.5 Å². The number of halogens is 2. The second-order valence-corrected chi connectivity index (χ2v) is 7.13. The molecule has 130 valence electrons. The van der Waals surface area contributed by atoms with E-state index in [1.807, 2.05) is 26.8 Å². The standard InChI is InChI=1S/C18H17BrFN3O2/c1-18(2,3)25-23-16(11-4-6-14(20)13(19)10-11)17-15(24)7-5-12(22-17)8-9-21/h4-7,10,24H,8H2,1-3H3/b23-16-. The Labute approximate surface area is 153 Å². The zero-order valence-corrected chi connectivity index (χ0v) is 15.6. The Morgan fingerprint density at radius 2 is 2.08 bits per heavy atom. The highest BCUT2D eigenvalue weighted by atomic mass is 79.9. The van der Waals surface area contributed by atoms with Crippen LogP contribution < -0.4 is 0 Å². The van der Waals surface area contributed by atoms with Gasteiger partial charge in [-0.2, -0.15) is 5.26 Å². The summed E-state index contributed by atoms with van der Waals surface area (Å²) in [6.07, 6.45) is 0.0911. The number of nitrogens with zero attached hydrogens (tertiary/aromatic N) is 3. The van der Waals surface area contributed by atoms with Crippen LogP contribution >= 0.6 is 15.9 Å². The van der Waals surface area contributed by atoms with Gasteiger partial charge in [0, 0.05) is 5.56 Å². The van der Waals surface area contributed by atoms with E-state index in [0.29, 0.717) is 11.3 Å². The largest absolute Gasteiger partial charge is 0.506 e. The van der Waals surface area contributed by atoms with E-state index in [9.17, 15) is 9.50 Å². The van der Waals surface area contributed by atoms with Crippen LogP contribution in [0.25, 0.3) is 0 Å². The molecule has 0 atom stereocenters.